The molecule has 3 nitrogen and oxygen atoms in total. The van der Waals surface area contributed by atoms with Crippen LogP contribution in [0.15, 0.2) is 41.8 Å². The van der Waals surface area contributed by atoms with Crippen molar-refractivity contribution in [3.05, 3.63) is 57.8 Å². The standard InChI is InChI=1S/C16H18O3S2/c1-13-6-2-3-7-14(13)12-21(18,19)11-5-8-15(17)16-9-4-10-20-16/h2-4,6-7,9-10H,5,8,11-12H2,1H3. The Kier molecular flexibility index (Phi) is 5.31. The molecule has 0 saturated carbocycles. The molecule has 0 unspecified atom stereocenters. The zero-order valence-electron chi connectivity index (χ0n) is 11.9. The lowest BCUT2D eigenvalue weighted by atomic mass is 10.1. The summed E-state index contributed by atoms with van der Waals surface area (Å²) in [6, 6.07) is 11.1. The van der Waals surface area contributed by atoms with Crippen LogP contribution in [0.1, 0.15) is 33.6 Å². The number of aryl methyl sites for hydroxylation is 1. The second kappa shape index (κ2) is 7.00. The summed E-state index contributed by atoms with van der Waals surface area (Å²) >= 11 is 1.39. The van der Waals surface area contributed by atoms with Crippen molar-refractivity contribution in [1.29, 1.82) is 0 Å². The van der Waals surface area contributed by atoms with E-state index in [1.54, 1.807) is 6.07 Å². The molecule has 0 saturated heterocycles. The van der Waals surface area contributed by atoms with Crippen LogP contribution in [0.2, 0.25) is 0 Å². The number of benzene rings is 1. The minimum Gasteiger partial charge on any atom is -0.293 e. The Bertz CT molecular complexity index is 701. The smallest absolute Gasteiger partial charge is 0.172 e. The average Bonchev–Trinajstić information content (AvgIpc) is 2.95. The van der Waals surface area contributed by atoms with Crippen molar-refractivity contribution in [2.45, 2.75) is 25.5 Å². The first-order valence-electron chi connectivity index (χ1n) is 6.79. The second-order valence-corrected chi connectivity index (χ2v) is 8.15. The number of rotatable bonds is 7. The van der Waals surface area contributed by atoms with Gasteiger partial charge in [0.2, 0.25) is 0 Å². The first kappa shape index (κ1) is 15.9. The van der Waals surface area contributed by atoms with Crippen molar-refractivity contribution >= 4 is 27.0 Å². The predicted octanol–water partition coefficient (Wildman–Crippen LogP) is 3.63. The van der Waals surface area contributed by atoms with Crippen molar-refractivity contribution in [2.75, 3.05) is 5.75 Å². The average molecular weight is 322 g/mol. The van der Waals surface area contributed by atoms with E-state index in [1.807, 2.05) is 42.6 Å². The molecular formula is C16H18O3S2. The third-order valence-electron chi connectivity index (χ3n) is 3.29. The van der Waals surface area contributed by atoms with Crippen molar-refractivity contribution < 1.29 is 13.2 Å². The quantitative estimate of drug-likeness (QED) is 0.731. The van der Waals surface area contributed by atoms with Gasteiger partial charge in [0.05, 0.1) is 16.4 Å². The zero-order chi connectivity index (χ0) is 15.3. The lowest BCUT2D eigenvalue weighted by molar-refractivity contribution is 0.0986. The SMILES string of the molecule is Cc1ccccc1CS(=O)(=O)CCCC(=O)c1cccs1. The fraction of sp³-hybridized carbons (Fsp3) is 0.312. The highest BCUT2D eigenvalue weighted by molar-refractivity contribution is 7.90. The molecule has 112 valence electrons. The molecule has 0 aliphatic carbocycles. The molecule has 0 aliphatic rings. The van der Waals surface area contributed by atoms with Crippen LogP contribution in [0.3, 0.4) is 0 Å². The maximum atomic E-state index is 12.1. The van der Waals surface area contributed by atoms with Gasteiger partial charge in [0.15, 0.2) is 15.6 Å². The summed E-state index contributed by atoms with van der Waals surface area (Å²) in [5.74, 6) is 0.127. The van der Waals surface area contributed by atoms with Gasteiger partial charge < -0.3 is 0 Å². The number of ketones is 1. The Morgan fingerprint density at radius 1 is 1.14 bits per heavy atom. The molecule has 2 rings (SSSR count). The van der Waals surface area contributed by atoms with Gasteiger partial charge in [0, 0.05) is 6.42 Å². The molecule has 1 aromatic heterocycles. The van der Waals surface area contributed by atoms with Gasteiger partial charge in [-0.15, -0.1) is 11.3 Å². The van der Waals surface area contributed by atoms with Crippen LogP contribution in [0.25, 0.3) is 0 Å². The Labute approximate surface area is 129 Å². The summed E-state index contributed by atoms with van der Waals surface area (Å²) < 4.78 is 24.2. The first-order chi connectivity index (χ1) is 9.98. The molecule has 0 N–H and O–H groups in total. The van der Waals surface area contributed by atoms with E-state index in [1.165, 1.54) is 11.3 Å². The highest BCUT2D eigenvalue weighted by Crippen LogP contribution is 2.15. The van der Waals surface area contributed by atoms with E-state index in [4.69, 9.17) is 0 Å². The van der Waals surface area contributed by atoms with E-state index in [9.17, 15) is 13.2 Å². The van der Waals surface area contributed by atoms with Crippen LogP contribution in [-0.2, 0) is 15.6 Å². The van der Waals surface area contributed by atoms with E-state index < -0.39 is 9.84 Å². The first-order valence-corrected chi connectivity index (χ1v) is 9.50. The molecule has 21 heavy (non-hydrogen) atoms. The molecule has 2 aromatic rings. The summed E-state index contributed by atoms with van der Waals surface area (Å²) in [7, 11) is -3.17. The van der Waals surface area contributed by atoms with Gasteiger partial charge in [0.25, 0.3) is 0 Å². The maximum absolute atomic E-state index is 12.1. The fourth-order valence-corrected chi connectivity index (χ4v) is 4.31. The zero-order valence-corrected chi connectivity index (χ0v) is 13.5. The summed E-state index contributed by atoms with van der Waals surface area (Å²) in [6.07, 6.45) is 0.665. The summed E-state index contributed by atoms with van der Waals surface area (Å²) in [6.45, 7) is 1.91. The summed E-state index contributed by atoms with van der Waals surface area (Å²) in [4.78, 5) is 12.5. The van der Waals surface area contributed by atoms with Gasteiger partial charge in [-0.1, -0.05) is 30.3 Å². The number of carbonyl (C=O) groups is 1. The minimum atomic E-state index is -3.17. The number of carbonyl (C=O) groups excluding carboxylic acids is 1. The van der Waals surface area contributed by atoms with E-state index in [-0.39, 0.29) is 23.7 Å². The Morgan fingerprint density at radius 2 is 1.90 bits per heavy atom. The minimum absolute atomic E-state index is 0.0242. The van der Waals surface area contributed by atoms with E-state index in [2.05, 4.69) is 0 Å². The monoisotopic (exact) mass is 322 g/mol. The molecule has 0 amide bonds. The van der Waals surface area contributed by atoms with Crippen LogP contribution >= 0.6 is 11.3 Å². The van der Waals surface area contributed by atoms with Gasteiger partial charge in [0.1, 0.15) is 0 Å². The van der Waals surface area contributed by atoms with Gasteiger partial charge >= 0.3 is 0 Å². The highest BCUT2D eigenvalue weighted by atomic mass is 32.2. The number of hydrogen-bond donors (Lipinski definition) is 0. The van der Waals surface area contributed by atoms with Crippen molar-refractivity contribution in [3.63, 3.8) is 0 Å². The normalized spacial score (nSPS) is 11.5. The van der Waals surface area contributed by atoms with E-state index in [0.717, 1.165) is 11.1 Å². The molecule has 0 atom stereocenters. The molecular weight excluding hydrogens is 304 g/mol. The van der Waals surface area contributed by atoms with Crippen LogP contribution in [0.4, 0.5) is 0 Å². The third-order valence-corrected chi connectivity index (χ3v) is 5.86. The van der Waals surface area contributed by atoms with Crippen molar-refractivity contribution in [3.8, 4) is 0 Å². The van der Waals surface area contributed by atoms with Gasteiger partial charge in [-0.25, -0.2) is 8.42 Å². The van der Waals surface area contributed by atoms with Crippen molar-refractivity contribution in [1.82, 2.24) is 0 Å². The number of hydrogen-bond acceptors (Lipinski definition) is 4. The lowest BCUT2D eigenvalue weighted by Crippen LogP contribution is -2.11. The van der Waals surface area contributed by atoms with Gasteiger partial charge in [-0.05, 0) is 35.9 Å². The second-order valence-electron chi connectivity index (χ2n) is 5.02. The van der Waals surface area contributed by atoms with Crippen LogP contribution < -0.4 is 0 Å². The largest absolute Gasteiger partial charge is 0.293 e. The number of sulfone groups is 1. The topological polar surface area (TPSA) is 51.2 Å². The summed E-state index contributed by atoms with van der Waals surface area (Å²) in [5.41, 5.74) is 1.82. The maximum Gasteiger partial charge on any atom is 0.172 e. The molecule has 0 spiro atoms. The van der Waals surface area contributed by atoms with E-state index >= 15 is 0 Å². The Morgan fingerprint density at radius 3 is 2.57 bits per heavy atom. The lowest BCUT2D eigenvalue weighted by Gasteiger charge is -2.07. The van der Waals surface area contributed by atoms with Gasteiger partial charge in [-0.2, -0.15) is 0 Å². The Balaban J connectivity index is 1.87. The van der Waals surface area contributed by atoms with Gasteiger partial charge in [-0.3, -0.25) is 4.79 Å². The molecule has 0 radical (unpaired) electrons. The molecule has 5 heteroatoms. The number of thiophene rings is 1. The molecule has 0 aliphatic heterocycles. The van der Waals surface area contributed by atoms with Crippen LogP contribution in [0.5, 0.6) is 0 Å². The summed E-state index contributed by atoms with van der Waals surface area (Å²) in [5, 5.41) is 1.85. The van der Waals surface area contributed by atoms with E-state index in [0.29, 0.717) is 11.3 Å². The molecule has 0 bridgehead atoms. The molecule has 1 heterocycles. The molecule has 0 fully saturated rings. The number of Topliss-reactive ketones (excluding diaryl/α,β-unsaturated/α-hetero) is 1. The van der Waals surface area contributed by atoms with Crippen LogP contribution in [-0.4, -0.2) is 20.0 Å². The molecule has 1 aromatic carbocycles. The highest BCUT2D eigenvalue weighted by Gasteiger charge is 2.15. The third kappa shape index (κ3) is 4.79. The van der Waals surface area contributed by atoms with Crippen LogP contribution in [0, 0.1) is 6.92 Å². The predicted molar refractivity (Wildman–Crippen MR) is 86.6 cm³/mol. The van der Waals surface area contributed by atoms with Crippen molar-refractivity contribution in [2.24, 2.45) is 0 Å². The fourth-order valence-electron chi connectivity index (χ4n) is 2.09. The Hall–Kier alpha value is -1.46.